The molecule has 0 aromatic rings. The van der Waals surface area contributed by atoms with E-state index in [0.29, 0.717) is 0 Å². The molecule has 2 radical (unpaired) electrons. The monoisotopic (exact) mass is 523 g/mol. The van der Waals surface area contributed by atoms with Gasteiger partial charge in [-0.1, -0.05) is 0 Å². The van der Waals surface area contributed by atoms with Crippen molar-refractivity contribution in [2.24, 2.45) is 0 Å². The molecule has 5 heteroatoms. The van der Waals surface area contributed by atoms with Crippen LogP contribution in [0.1, 0.15) is 20.8 Å². The summed E-state index contributed by atoms with van der Waals surface area (Å²) < 4.78 is 1.50. The van der Waals surface area contributed by atoms with Crippen LogP contribution in [0, 0.1) is 13.1 Å². The summed E-state index contributed by atoms with van der Waals surface area (Å²) in [6.07, 6.45) is 4.37. The van der Waals surface area contributed by atoms with Gasteiger partial charge in [-0.05, 0) is 28.7 Å². The van der Waals surface area contributed by atoms with Crippen molar-refractivity contribution in [2.45, 2.75) is 20.8 Å². The van der Waals surface area contributed by atoms with E-state index in [2.05, 4.69) is 30.5 Å². The first-order chi connectivity index (χ1) is 6.69. The number of nitrogens with zero attached hydrogens (tertiary/aromatic N) is 2. The number of rotatable bonds is 3. The summed E-state index contributed by atoms with van der Waals surface area (Å²) in [6, 6.07) is 0. The second-order valence-electron chi connectivity index (χ2n) is 2.51. The SMILES string of the molecule is CC[PH+](CC)CC.[Au].[C-]#[N+]C(=C[Te])[N+]#[C-]. The molecule has 0 saturated heterocycles. The van der Waals surface area contributed by atoms with Crippen LogP contribution in [-0.4, -0.2) is 40.8 Å². The third-order valence-electron chi connectivity index (χ3n) is 1.83. The summed E-state index contributed by atoms with van der Waals surface area (Å²) in [5.74, 6) is 0.143. The van der Waals surface area contributed by atoms with Gasteiger partial charge in [-0.3, -0.25) is 0 Å². The summed E-state index contributed by atoms with van der Waals surface area (Å²) >= 11 is 1.61. The molecule has 0 aliphatic rings. The van der Waals surface area contributed by atoms with Crippen molar-refractivity contribution in [2.75, 3.05) is 18.5 Å². The Bertz CT molecular complexity index is 217. The van der Waals surface area contributed by atoms with Crippen molar-refractivity contribution in [3.8, 4) is 0 Å². The molecule has 0 heterocycles. The van der Waals surface area contributed by atoms with E-state index in [-0.39, 0.29) is 36.1 Å². The van der Waals surface area contributed by atoms with Crippen molar-refractivity contribution >= 4 is 30.2 Å². The van der Waals surface area contributed by atoms with Crippen LogP contribution in [-0.2, 0) is 22.4 Å². The van der Waals surface area contributed by atoms with Gasteiger partial charge in [-0.2, -0.15) is 0 Å². The fourth-order valence-electron chi connectivity index (χ4n) is 0.828. The summed E-state index contributed by atoms with van der Waals surface area (Å²) in [5, 5.41) is 0. The molecule has 0 aliphatic heterocycles. The number of hydrogen-bond donors (Lipinski definition) is 0. The Labute approximate surface area is 124 Å². The normalized spacial score (nSPS) is 7.33. The molecule has 0 amide bonds. The molecule has 0 atom stereocenters. The fraction of sp³-hybridized carbons (Fsp3) is 0.600. The molecule has 0 bridgehead atoms. The Morgan fingerprint density at radius 2 is 1.47 bits per heavy atom. The van der Waals surface area contributed by atoms with Gasteiger partial charge in [0.1, 0.15) is 0 Å². The maximum atomic E-state index is 6.30. The Morgan fingerprint density at radius 1 is 1.13 bits per heavy atom. The van der Waals surface area contributed by atoms with Crippen LogP contribution in [0.2, 0.25) is 0 Å². The van der Waals surface area contributed by atoms with Crippen molar-refractivity contribution in [1.82, 2.24) is 0 Å². The van der Waals surface area contributed by atoms with E-state index >= 15 is 0 Å². The van der Waals surface area contributed by atoms with Crippen LogP contribution in [0.3, 0.4) is 0 Å². The van der Waals surface area contributed by atoms with Gasteiger partial charge in [-0.25, -0.2) is 0 Å². The topological polar surface area (TPSA) is 8.72 Å². The predicted octanol–water partition coefficient (Wildman–Crippen LogP) is 3.05. The molecular formula is C10H17AuN2PTe+. The molecule has 0 aromatic heterocycles. The fourth-order valence-corrected chi connectivity index (χ4v) is 2.63. The van der Waals surface area contributed by atoms with Gasteiger partial charge in [0.25, 0.3) is 0 Å². The predicted molar refractivity (Wildman–Crippen MR) is 67.0 cm³/mol. The van der Waals surface area contributed by atoms with E-state index in [1.807, 2.05) is 0 Å². The van der Waals surface area contributed by atoms with Crippen molar-refractivity contribution in [1.29, 1.82) is 0 Å². The zero-order valence-corrected chi connectivity index (χ0v) is 14.8. The van der Waals surface area contributed by atoms with Crippen LogP contribution in [0.4, 0.5) is 0 Å². The van der Waals surface area contributed by atoms with E-state index in [9.17, 15) is 0 Å². The molecule has 0 aromatic carbocycles. The third-order valence-corrected chi connectivity index (χ3v) is 5.44. The molecule has 0 aliphatic carbocycles. The van der Waals surface area contributed by atoms with E-state index in [0.717, 1.165) is 0 Å². The van der Waals surface area contributed by atoms with Gasteiger partial charge in [-0.15, -0.1) is 0 Å². The van der Waals surface area contributed by atoms with Gasteiger partial charge < -0.3 is 0 Å². The minimum atomic E-state index is 0. The number of hydrogen-bond acceptors (Lipinski definition) is 0. The van der Waals surface area contributed by atoms with E-state index in [4.69, 9.17) is 13.1 Å². The second-order valence-corrected chi connectivity index (χ2v) is 6.80. The Kier molecular flexibility index (Phi) is 23.9. The minimum absolute atomic E-state index is 0. The molecule has 88 valence electrons. The van der Waals surface area contributed by atoms with Crippen LogP contribution < -0.4 is 0 Å². The van der Waals surface area contributed by atoms with E-state index < -0.39 is 0 Å². The second kappa shape index (κ2) is 17.1. The summed E-state index contributed by atoms with van der Waals surface area (Å²) in [5.41, 5.74) is 0. The summed E-state index contributed by atoms with van der Waals surface area (Å²) in [7, 11) is 0.137. The molecule has 0 rings (SSSR count). The van der Waals surface area contributed by atoms with Crippen molar-refractivity contribution in [3.63, 3.8) is 0 Å². The van der Waals surface area contributed by atoms with E-state index in [1.54, 1.807) is 22.3 Å². The van der Waals surface area contributed by atoms with Crippen LogP contribution in [0.5, 0.6) is 0 Å². The molecule has 0 saturated carbocycles. The Hall–Kier alpha value is 0.680. The van der Waals surface area contributed by atoms with Crippen LogP contribution in [0.25, 0.3) is 9.69 Å². The molecule has 0 unspecified atom stereocenters. The summed E-state index contributed by atoms with van der Waals surface area (Å²) in [6.45, 7) is 19.5. The molecule has 0 spiro atoms. The summed E-state index contributed by atoms with van der Waals surface area (Å²) in [4.78, 5) is 5.77. The van der Waals surface area contributed by atoms with Gasteiger partial charge >= 0.3 is 55.1 Å². The average Bonchev–Trinajstić information content (AvgIpc) is 2.24. The van der Waals surface area contributed by atoms with Crippen molar-refractivity contribution in [3.05, 3.63) is 32.8 Å². The van der Waals surface area contributed by atoms with Gasteiger partial charge in [0.05, 0.1) is 18.5 Å². The van der Waals surface area contributed by atoms with Crippen LogP contribution >= 0.6 is 7.92 Å². The molecule has 0 fully saturated rings. The molecule has 0 N–H and O–H groups in total. The Morgan fingerprint density at radius 3 is 1.47 bits per heavy atom. The molecular weight excluding hydrogens is 504 g/mol. The molecule has 15 heavy (non-hydrogen) atoms. The van der Waals surface area contributed by atoms with Crippen molar-refractivity contribution < 1.29 is 22.4 Å². The Balaban J connectivity index is -0.000000180. The standard InChI is InChI=1S/C6H15P.C4HN2Te.Au/c1-4-7(5-2)6-3;1-5-4(3-7)6-2;/h4-6H2,1-3H3;3H;/p+1. The van der Waals surface area contributed by atoms with Gasteiger partial charge in [0.2, 0.25) is 0 Å². The molecule has 2 nitrogen and oxygen atoms in total. The average molecular weight is 521 g/mol. The van der Waals surface area contributed by atoms with Gasteiger partial charge in [0.15, 0.2) is 0 Å². The quantitative estimate of drug-likeness (QED) is 0.307. The first-order valence-corrected chi connectivity index (χ1v) is 8.07. The van der Waals surface area contributed by atoms with Gasteiger partial charge in [0, 0.05) is 22.4 Å². The van der Waals surface area contributed by atoms with E-state index in [1.165, 1.54) is 22.6 Å². The zero-order chi connectivity index (χ0) is 11.4. The van der Waals surface area contributed by atoms with Crippen LogP contribution in [0.15, 0.2) is 9.94 Å². The maximum absolute atomic E-state index is 6.30. The third kappa shape index (κ3) is 14.7. The first kappa shape index (κ1) is 21.0. The first-order valence-electron chi connectivity index (χ1n) is 4.60. The zero-order valence-electron chi connectivity index (χ0n) is 9.30.